The van der Waals surface area contributed by atoms with Crippen molar-refractivity contribution >= 4 is 11.6 Å². The number of rotatable bonds is 2. The van der Waals surface area contributed by atoms with Crippen LogP contribution in [0.5, 0.6) is 0 Å². The Morgan fingerprint density at radius 1 is 1.29 bits per heavy atom. The molecule has 1 aromatic carbocycles. The predicted molar refractivity (Wildman–Crippen MR) is 70.7 cm³/mol. The predicted octanol–water partition coefficient (Wildman–Crippen LogP) is 2.91. The second-order valence-electron chi connectivity index (χ2n) is 4.16. The number of nitrogens with two attached hydrogens (primary N) is 1. The van der Waals surface area contributed by atoms with Crippen LogP contribution in [0.4, 0.5) is 0 Å². The Bertz CT molecular complexity index is 558. The summed E-state index contributed by atoms with van der Waals surface area (Å²) in [6.45, 7) is 6.55. The fourth-order valence-electron chi connectivity index (χ4n) is 1.90. The zero-order valence-electron chi connectivity index (χ0n) is 10.3. The van der Waals surface area contributed by atoms with Crippen molar-refractivity contribution in [1.29, 1.82) is 0 Å². The van der Waals surface area contributed by atoms with Crippen molar-refractivity contribution in [3.8, 4) is 5.69 Å². The lowest BCUT2D eigenvalue weighted by molar-refractivity contribution is 0.817. The third kappa shape index (κ3) is 1.96. The molecule has 0 amide bonds. The minimum Gasteiger partial charge on any atom is -0.326 e. The fraction of sp³-hybridized carbons (Fsp3) is 0.308. The van der Waals surface area contributed by atoms with E-state index < -0.39 is 0 Å². The maximum absolute atomic E-state index is 6.26. The van der Waals surface area contributed by atoms with Gasteiger partial charge in [-0.05, 0) is 38.0 Å². The number of hydrogen-bond acceptors (Lipinski definition) is 2. The summed E-state index contributed by atoms with van der Waals surface area (Å²) in [7, 11) is 0. The van der Waals surface area contributed by atoms with Crippen LogP contribution in [0.3, 0.4) is 0 Å². The first kappa shape index (κ1) is 12.1. The zero-order valence-corrected chi connectivity index (χ0v) is 11.0. The Balaban J connectivity index is 2.72. The highest BCUT2D eigenvalue weighted by Crippen LogP contribution is 2.26. The third-order valence-electron chi connectivity index (χ3n) is 3.16. The number of para-hydroxylation sites is 1. The van der Waals surface area contributed by atoms with Crippen molar-refractivity contribution in [3.63, 3.8) is 0 Å². The van der Waals surface area contributed by atoms with Crippen molar-refractivity contribution in [2.75, 3.05) is 0 Å². The topological polar surface area (TPSA) is 43.8 Å². The molecule has 3 nitrogen and oxygen atoms in total. The average molecular weight is 250 g/mol. The van der Waals surface area contributed by atoms with Crippen LogP contribution in [0.2, 0.25) is 5.02 Å². The van der Waals surface area contributed by atoms with Crippen molar-refractivity contribution in [1.82, 2.24) is 9.78 Å². The lowest BCUT2D eigenvalue weighted by Gasteiger charge is -2.11. The maximum atomic E-state index is 6.26. The molecule has 0 saturated carbocycles. The van der Waals surface area contributed by atoms with Crippen molar-refractivity contribution in [3.05, 3.63) is 45.7 Å². The number of benzene rings is 1. The summed E-state index contributed by atoms with van der Waals surface area (Å²) in [6, 6.07) is 5.75. The van der Waals surface area contributed by atoms with E-state index in [-0.39, 0.29) is 0 Å². The van der Waals surface area contributed by atoms with Crippen molar-refractivity contribution in [2.24, 2.45) is 5.73 Å². The van der Waals surface area contributed by atoms with Crippen LogP contribution in [-0.4, -0.2) is 9.78 Å². The molecule has 0 aliphatic carbocycles. The van der Waals surface area contributed by atoms with E-state index in [0.29, 0.717) is 11.6 Å². The van der Waals surface area contributed by atoms with Gasteiger partial charge in [-0.15, -0.1) is 0 Å². The van der Waals surface area contributed by atoms with E-state index in [2.05, 4.69) is 12.0 Å². The van der Waals surface area contributed by atoms with Crippen molar-refractivity contribution in [2.45, 2.75) is 27.3 Å². The first-order chi connectivity index (χ1) is 8.06. The standard InChI is InChI=1S/C13H16ClN3/c1-8-9(2)16-17(10(8)3)13-11(7-15)5-4-6-12(13)14/h4-6H,7,15H2,1-3H3. The molecule has 0 bridgehead atoms. The van der Waals surface area contributed by atoms with Gasteiger partial charge >= 0.3 is 0 Å². The number of halogens is 1. The van der Waals surface area contributed by atoms with Gasteiger partial charge < -0.3 is 5.73 Å². The van der Waals surface area contributed by atoms with E-state index in [1.54, 1.807) is 0 Å². The molecule has 1 aromatic heterocycles. The van der Waals surface area contributed by atoms with Gasteiger partial charge in [0, 0.05) is 12.2 Å². The van der Waals surface area contributed by atoms with Crippen LogP contribution in [0, 0.1) is 20.8 Å². The van der Waals surface area contributed by atoms with Gasteiger partial charge in [-0.2, -0.15) is 5.10 Å². The molecule has 0 radical (unpaired) electrons. The Labute approximate surface area is 106 Å². The number of aromatic nitrogens is 2. The highest BCUT2D eigenvalue weighted by molar-refractivity contribution is 6.32. The number of nitrogens with zero attached hydrogens (tertiary/aromatic N) is 2. The summed E-state index contributed by atoms with van der Waals surface area (Å²) in [5.41, 5.74) is 11.0. The molecule has 0 aliphatic heterocycles. The summed E-state index contributed by atoms with van der Waals surface area (Å²) >= 11 is 6.26. The molecule has 17 heavy (non-hydrogen) atoms. The first-order valence-corrected chi connectivity index (χ1v) is 5.94. The van der Waals surface area contributed by atoms with E-state index in [1.165, 1.54) is 5.56 Å². The number of aryl methyl sites for hydroxylation is 1. The average Bonchev–Trinajstić information content (AvgIpc) is 2.56. The Kier molecular flexibility index (Phi) is 3.22. The molecule has 1 heterocycles. The first-order valence-electron chi connectivity index (χ1n) is 5.57. The SMILES string of the molecule is Cc1nn(-c2c(Cl)cccc2CN)c(C)c1C. The Morgan fingerprint density at radius 3 is 2.53 bits per heavy atom. The minimum atomic E-state index is 0.452. The lowest BCUT2D eigenvalue weighted by atomic mass is 10.1. The quantitative estimate of drug-likeness (QED) is 0.890. The summed E-state index contributed by atoms with van der Waals surface area (Å²) < 4.78 is 1.88. The summed E-state index contributed by atoms with van der Waals surface area (Å²) in [5.74, 6) is 0. The van der Waals surface area contributed by atoms with Gasteiger partial charge in [-0.25, -0.2) is 4.68 Å². The molecule has 0 saturated heterocycles. The maximum Gasteiger partial charge on any atom is 0.0879 e. The smallest absolute Gasteiger partial charge is 0.0879 e. The molecular formula is C13H16ClN3. The zero-order chi connectivity index (χ0) is 12.6. The fourth-order valence-corrected chi connectivity index (χ4v) is 2.17. The highest BCUT2D eigenvalue weighted by Gasteiger charge is 2.14. The second-order valence-corrected chi connectivity index (χ2v) is 4.57. The van der Waals surface area contributed by atoms with Crippen LogP contribution >= 0.6 is 11.6 Å². The van der Waals surface area contributed by atoms with E-state index in [0.717, 1.165) is 22.6 Å². The van der Waals surface area contributed by atoms with Gasteiger partial charge in [0.05, 0.1) is 16.4 Å². The number of hydrogen-bond donors (Lipinski definition) is 1. The van der Waals surface area contributed by atoms with Crippen LogP contribution in [-0.2, 0) is 6.54 Å². The van der Waals surface area contributed by atoms with Gasteiger partial charge in [-0.1, -0.05) is 23.7 Å². The molecule has 4 heteroatoms. The van der Waals surface area contributed by atoms with Gasteiger partial charge in [0.2, 0.25) is 0 Å². The molecule has 2 rings (SSSR count). The molecule has 0 fully saturated rings. The van der Waals surface area contributed by atoms with Crippen LogP contribution < -0.4 is 5.73 Å². The van der Waals surface area contributed by atoms with Gasteiger partial charge in [0.15, 0.2) is 0 Å². The lowest BCUT2D eigenvalue weighted by Crippen LogP contribution is -2.07. The molecule has 90 valence electrons. The molecule has 0 atom stereocenters. The molecule has 0 spiro atoms. The minimum absolute atomic E-state index is 0.452. The molecule has 2 N–H and O–H groups in total. The second kappa shape index (κ2) is 4.51. The third-order valence-corrected chi connectivity index (χ3v) is 3.46. The van der Waals surface area contributed by atoms with E-state index in [9.17, 15) is 0 Å². The van der Waals surface area contributed by atoms with Crippen LogP contribution in [0.1, 0.15) is 22.5 Å². The van der Waals surface area contributed by atoms with Crippen LogP contribution in [0.25, 0.3) is 5.69 Å². The summed E-state index contributed by atoms with van der Waals surface area (Å²) in [4.78, 5) is 0. The molecule has 0 unspecified atom stereocenters. The van der Waals surface area contributed by atoms with Gasteiger partial charge in [-0.3, -0.25) is 0 Å². The van der Waals surface area contributed by atoms with Crippen molar-refractivity contribution < 1.29 is 0 Å². The summed E-state index contributed by atoms with van der Waals surface area (Å²) in [5, 5.41) is 5.21. The van der Waals surface area contributed by atoms with Crippen LogP contribution in [0.15, 0.2) is 18.2 Å². The molecular weight excluding hydrogens is 234 g/mol. The highest BCUT2D eigenvalue weighted by atomic mass is 35.5. The van der Waals surface area contributed by atoms with Gasteiger partial charge in [0.1, 0.15) is 0 Å². The van der Waals surface area contributed by atoms with E-state index in [1.807, 2.05) is 36.7 Å². The largest absolute Gasteiger partial charge is 0.326 e. The molecule has 2 aromatic rings. The normalized spacial score (nSPS) is 10.9. The van der Waals surface area contributed by atoms with E-state index in [4.69, 9.17) is 17.3 Å². The van der Waals surface area contributed by atoms with Gasteiger partial charge in [0.25, 0.3) is 0 Å². The molecule has 0 aliphatic rings. The monoisotopic (exact) mass is 249 g/mol. The Hall–Kier alpha value is -1.32. The summed E-state index contributed by atoms with van der Waals surface area (Å²) in [6.07, 6.45) is 0. The Morgan fingerprint density at radius 2 is 2.00 bits per heavy atom. The van der Waals surface area contributed by atoms with E-state index >= 15 is 0 Å².